The lowest BCUT2D eigenvalue weighted by molar-refractivity contribution is -0.387. The van der Waals surface area contributed by atoms with Crippen LogP contribution in [0.3, 0.4) is 0 Å². The summed E-state index contributed by atoms with van der Waals surface area (Å²) in [5.41, 5.74) is -1.15. The molecule has 9 heteroatoms. The van der Waals surface area contributed by atoms with Crippen LogP contribution < -0.4 is 0 Å². The van der Waals surface area contributed by atoms with Crippen LogP contribution in [0.25, 0.3) is 11.3 Å². The molecule has 1 aromatic heterocycles. The quantitative estimate of drug-likeness (QED) is 0.598. The number of nitro groups is 1. The van der Waals surface area contributed by atoms with Crippen LogP contribution >= 0.6 is 0 Å². The Bertz CT molecular complexity index is 841. The van der Waals surface area contributed by atoms with E-state index in [4.69, 9.17) is 9.15 Å². The molecule has 2 rings (SSSR count). The van der Waals surface area contributed by atoms with Crippen LogP contribution in [0.15, 0.2) is 22.6 Å². The molecule has 0 saturated heterocycles. The van der Waals surface area contributed by atoms with Gasteiger partial charge in [0.1, 0.15) is 11.3 Å². The van der Waals surface area contributed by atoms with Crippen molar-refractivity contribution in [1.82, 2.24) is 9.88 Å². The van der Waals surface area contributed by atoms with Crippen molar-refractivity contribution in [1.29, 1.82) is 0 Å². The largest absolute Gasteiger partial charge is 0.444 e. The molecule has 140 valence electrons. The Morgan fingerprint density at radius 3 is 2.65 bits per heavy atom. The van der Waals surface area contributed by atoms with Gasteiger partial charge in [-0.15, -0.1) is 0 Å². The van der Waals surface area contributed by atoms with Crippen molar-refractivity contribution in [3.8, 4) is 11.3 Å². The van der Waals surface area contributed by atoms with Crippen molar-refractivity contribution < 1.29 is 23.3 Å². The molecule has 0 aliphatic rings. The van der Waals surface area contributed by atoms with Crippen molar-refractivity contribution in [3.63, 3.8) is 0 Å². The first-order chi connectivity index (χ1) is 12.0. The highest BCUT2D eigenvalue weighted by atomic mass is 19.1. The Morgan fingerprint density at radius 2 is 2.08 bits per heavy atom. The van der Waals surface area contributed by atoms with Gasteiger partial charge in [-0.25, -0.2) is 9.78 Å². The fraction of sp³-hybridized carbons (Fsp3) is 0.412. The predicted molar refractivity (Wildman–Crippen MR) is 91.0 cm³/mol. The lowest BCUT2D eigenvalue weighted by Crippen LogP contribution is -2.34. The summed E-state index contributed by atoms with van der Waals surface area (Å²) in [5, 5.41) is 10.9. The van der Waals surface area contributed by atoms with Gasteiger partial charge >= 0.3 is 11.8 Å². The third-order valence-electron chi connectivity index (χ3n) is 3.32. The van der Waals surface area contributed by atoms with Gasteiger partial charge in [0, 0.05) is 20.0 Å². The van der Waals surface area contributed by atoms with E-state index in [9.17, 15) is 19.3 Å². The van der Waals surface area contributed by atoms with Gasteiger partial charge in [0.05, 0.1) is 17.0 Å². The minimum Gasteiger partial charge on any atom is -0.444 e. The molecular formula is C17H20FN3O5. The summed E-state index contributed by atoms with van der Waals surface area (Å²) < 4.78 is 25.2. The molecule has 0 fully saturated rings. The highest BCUT2D eigenvalue weighted by molar-refractivity contribution is 5.69. The number of hydrogen-bond donors (Lipinski definition) is 0. The topological polar surface area (TPSA) is 98.7 Å². The second-order valence-corrected chi connectivity index (χ2v) is 6.74. The molecule has 0 atom stereocenters. The van der Waals surface area contributed by atoms with Gasteiger partial charge < -0.3 is 14.1 Å². The molecule has 0 N–H and O–H groups in total. The van der Waals surface area contributed by atoms with Crippen molar-refractivity contribution in [3.05, 3.63) is 45.7 Å². The molecule has 0 saturated carbocycles. The summed E-state index contributed by atoms with van der Waals surface area (Å²) in [4.78, 5) is 27.7. The molecule has 8 nitrogen and oxygen atoms in total. The number of aromatic nitrogens is 1. The maximum Gasteiger partial charge on any atom is 0.410 e. The number of oxazole rings is 1. The Morgan fingerprint density at radius 1 is 1.42 bits per heavy atom. The van der Waals surface area contributed by atoms with E-state index < -0.39 is 28.1 Å². The summed E-state index contributed by atoms with van der Waals surface area (Å²) in [6, 6.07) is 3.78. The number of nitro benzene ring substituents is 1. The number of benzene rings is 1. The normalized spacial score (nSPS) is 11.3. The first kappa shape index (κ1) is 19.4. The van der Waals surface area contributed by atoms with E-state index in [-0.39, 0.29) is 29.5 Å². The molecular weight excluding hydrogens is 345 g/mol. The monoisotopic (exact) mass is 365 g/mol. The fourth-order valence-corrected chi connectivity index (χ4v) is 2.25. The molecule has 0 spiro atoms. The van der Waals surface area contributed by atoms with Gasteiger partial charge in [0.25, 0.3) is 0 Å². The van der Waals surface area contributed by atoms with Crippen LogP contribution in [0.5, 0.6) is 0 Å². The Balaban J connectivity index is 2.36. The zero-order valence-corrected chi connectivity index (χ0v) is 15.2. The minimum absolute atomic E-state index is 0.0102. The molecule has 0 bridgehead atoms. The van der Waals surface area contributed by atoms with E-state index in [0.717, 1.165) is 6.07 Å². The van der Waals surface area contributed by atoms with Crippen molar-refractivity contribution in [2.75, 3.05) is 7.05 Å². The number of carbonyl (C=O) groups is 1. The lowest BCUT2D eigenvalue weighted by Gasteiger charge is -2.24. The van der Waals surface area contributed by atoms with Crippen LogP contribution in [0, 0.1) is 22.9 Å². The Hall–Kier alpha value is -2.97. The van der Waals surface area contributed by atoms with Gasteiger partial charge in [-0.3, -0.25) is 10.1 Å². The maximum atomic E-state index is 14.5. The number of halogens is 1. The second-order valence-electron chi connectivity index (χ2n) is 6.74. The van der Waals surface area contributed by atoms with E-state index in [2.05, 4.69) is 4.98 Å². The standard InChI is InChI=1S/C17H20FN3O5/c1-10-19-12(9-20(5)16(22)26-17(2,3)4)15(25-10)11-7-6-8-13(14(11)18)21(23)24/h6-8H,9H2,1-5H3. The smallest absolute Gasteiger partial charge is 0.410 e. The summed E-state index contributed by atoms with van der Waals surface area (Å²) in [6.45, 7) is 6.77. The van der Waals surface area contributed by atoms with Crippen LogP contribution in [0.1, 0.15) is 32.4 Å². The van der Waals surface area contributed by atoms with Gasteiger partial charge in [-0.1, -0.05) is 6.07 Å². The van der Waals surface area contributed by atoms with Crippen LogP contribution in [-0.4, -0.2) is 33.5 Å². The van der Waals surface area contributed by atoms with Crippen LogP contribution in [0.2, 0.25) is 0 Å². The number of hydrogen-bond acceptors (Lipinski definition) is 6. The third-order valence-corrected chi connectivity index (χ3v) is 3.32. The summed E-state index contributed by atoms with van der Waals surface area (Å²) in [5.74, 6) is -0.729. The Labute approximate surface area is 149 Å². The second kappa shape index (κ2) is 7.11. The van der Waals surface area contributed by atoms with Crippen LogP contribution in [-0.2, 0) is 11.3 Å². The average Bonchev–Trinajstić information content (AvgIpc) is 2.85. The number of carbonyl (C=O) groups excluding carboxylic acids is 1. The molecule has 26 heavy (non-hydrogen) atoms. The number of rotatable bonds is 4. The van der Waals surface area contributed by atoms with E-state index in [0.29, 0.717) is 0 Å². The van der Waals surface area contributed by atoms with E-state index >= 15 is 0 Å². The zero-order chi connectivity index (χ0) is 19.6. The molecule has 1 amide bonds. The SMILES string of the molecule is Cc1nc(CN(C)C(=O)OC(C)(C)C)c(-c2cccc([N+](=O)[O-])c2F)o1. The number of nitrogens with zero attached hydrogens (tertiary/aromatic N) is 3. The predicted octanol–water partition coefficient (Wildman–Crippen LogP) is 4.06. The van der Waals surface area contributed by atoms with Gasteiger partial charge in [-0.2, -0.15) is 4.39 Å². The van der Waals surface area contributed by atoms with E-state index in [1.165, 1.54) is 24.1 Å². The van der Waals surface area contributed by atoms with Gasteiger partial charge in [0.15, 0.2) is 11.7 Å². The number of amides is 1. The van der Waals surface area contributed by atoms with Gasteiger partial charge in [0.2, 0.25) is 5.82 Å². The zero-order valence-electron chi connectivity index (χ0n) is 15.2. The number of aryl methyl sites for hydroxylation is 1. The average molecular weight is 365 g/mol. The highest BCUT2D eigenvalue weighted by Crippen LogP contribution is 2.32. The van der Waals surface area contributed by atoms with E-state index in [1.807, 2.05) is 0 Å². The molecule has 0 aliphatic heterocycles. The number of ether oxygens (including phenoxy) is 1. The first-order valence-electron chi connectivity index (χ1n) is 7.83. The van der Waals surface area contributed by atoms with Crippen molar-refractivity contribution in [2.24, 2.45) is 0 Å². The molecule has 1 aromatic carbocycles. The highest BCUT2D eigenvalue weighted by Gasteiger charge is 2.26. The molecule has 2 aromatic rings. The third kappa shape index (κ3) is 4.35. The minimum atomic E-state index is -1.02. The van der Waals surface area contributed by atoms with Crippen molar-refractivity contribution >= 4 is 11.8 Å². The molecule has 0 radical (unpaired) electrons. The van der Waals surface area contributed by atoms with Crippen LogP contribution in [0.4, 0.5) is 14.9 Å². The molecule has 0 aliphatic carbocycles. The lowest BCUT2D eigenvalue weighted by atomic mass is 10.1. The Kier molecular flexibility index (Phi) is 5.29. The van der Waals surface area contributed by atoms with Crippen molar-refractivity contribution in [2.45, 2.75) is 39.8 Å². The first-order valence-corrected chi connectivity index (χ1v) is 7.83. The summed E-state index contributed by atoms with van der Waals surface area (Å²) >= 11 is 0. The molecule has 1 heterocycles. The van der Waals surface area contributed by atoms with E-state index in [1.54, 1.807) is 27.7 Å². The summed E-state index contributed by atoms with van der Waals surface area (Å²) in [6.07, 6.45) is -0.580. The fourth-order valence-electron chi connectivity index (χ4n) is 2.25. The molecule has 0 unspecified atom stereocenters. The maximum absolute atomic E-state index is 14.5. The van der Waals surface area contributed by atoms with Gasteiger partial charge in [-0.05, 0) is 26.8 Å². The summed E-state index contributed by atoms with van der Waals surface area (Å²) in [7, 11) is 1.51.